The normalized spacial score (nSPS) is 27.9. The van der Waals surface area contributed by atoms with Crippen LogP contribution in [-0.4, -0.2) is 0 Å². The Kier molecular flexibility index (Phi) is 16.1. The maximum Gasteiger partial charge on any atom is -0.0386 e. The minimum atomic E-state index is 0.752. The largest absolute Gasteiger partial charge is 0.0651 e. The van der Waals surface area contributed by atoms with Crippen molar-refractivity contribution in [3.8, 4) is 0 Å². The van der Waals surface area contributed by atoms with Crippen molar-refractivity contribution in [2.75, 3.05) is 0 Å². The third kappa shape index (κ3) is 9.74. The summed E-state index contributed by atoms with van der Waals surface area (Å²) in [5.74, 6) is 15.1. The Labute approximate surface area is 262 Å². The van der Waals surface area contributed by atoms with Crippen LogP contribution < -0.4 is 0 Å². The summed E-state index contributed by atoms with van der Waals surface area (Å²) in [6, 6.07) is 0. The zero-order valence-electron chi connectivity index (χ0n) is 32.1. The summed E-state index contributed by atoms with van der Waals surface area (Å²) >= 11 is 0. The molecule has 18 atom stereocenters. The van der Waals surface area contributed by atoms with Gasteiger partial charge in [-0.25, -0.2) is 0 Å². The van der Waals surface area contributed by atoms with Crippen molar-refractivity contribution >= 4 is 0 Å². The predicted molar refractivity (Wildman–Crippen MR) is 188 cm³/mol. The number of rotatable bonds is 19. The topological polar surface area (TPSA) is 0 Å². The molecule has 0 amide bonds. The van der Waals surface area contributed by atoms with E-state index in [0.717, 1.165) is 112 Å². The van der Waals surface area contributed by atoms with Crippen LogP contribution in [0.5, 0.6) is 0 Å². The molecule has 0 aliphatic heterocycles. The van der Waals surface area contributed by atoms with Gasteiger partial charge in [0.25, 0.3) is 0 Å². The Morgan fingerprint density at radius 3 is 0.707 bits per heavy atom. The molecule has 0 spiro atoms. The molecule has 1 aliphatic rings. The van der Waals surface area contributed by atoms with E-state index in [4.69, 9.17) is 0 Å². The number of hydrogen-bond acceptors (Lipinski definition) is 0. The minimum Gasteiger partial charge on any atom is -0.0651 e. The van der Waals surface area contributed by atoms with Crippen molar-refractivity contribution in [2.24, 2.45) is 112 Å². The van der Waals surface area contributed by atoms with E-state index in [1.165, 1.54) is 19.3 Å². The first-order valence-corrected chi connectivity index (χ1v) is 18.8. The first-order valence-electron chi connectivity index (χ1n) is 18.8. The Morgan fingerprint density at radius 2 is 0.512 bits per heavy atom. The third-order valence-electron chi connectivity index (χ3n) is 16.2. The quantitative estimate of drug-likeness (QED) is 0.144. The lowest BCUT2D eigenvalue weighted by atomic mass is 9.62. The molecule has 1 saturated carbocycles. The fourth-order valence-corrected chi connectivity index (χ4v) is 9.12. The van der Waals surface area contributed by atoms with E-state index in [1.54, 1.807) is 0 Å². The van der Waals surface area contributed by atoms with Gasteiger partial charge in [0.05, 0.1) is 0 Å². The van der Waals surface area contributed by atoms with E-state index < -0.39 is 0 Å². The van der Waals surface area contributed by atoms with Gasteiger partial charge in [0, 0.05) is 0 Å². The maximum absolute atomic E-state index is 2.59. The van der Waals surface area contributed by atoms with Gasteiger partial charge in [0.2, 0.25) is 0 Å². The highest BCUT2D eigenvalue weighted by Gasteiger charge is 2.40. The molecule has 0 heteroatoms. The molecule has 0 aromatic rings. The second kappa shape index (κ2) is 16.9. The van der Waals surface area contributed by atoms with Crippen LogP contribution in [0, 0.1) is 112 Å². The van der Waals surface area contributed by atoms with Gasteiger partial charge in [0.15, 0.2) is 0 Å². The zero-order valence-corrected chi connectivity index (χ0v) is 32.1. The van der Waals surface area contributed by atoms with Crippen molar-refractivity contribution in [1.29, 1.82) is 0 Å². The monoisotopic (exact) mass is 575 g/mol. The van der Waals surface area contributed by atoms with Crippen LogP contribution in [0.3, 0.4) is 0 Å². The smallest absolute Gasteiger partial charge is 0.0386 e. The van der Waals surface area contributed by atoms with Crippen LogP contribution in [0.1, 0.15) is 151 Å². The highest BCUT2D eigenvalue weighted by Crippen LogP contribution is 2.47. The van der Waals surface area contributed by atoms with E-state index in [1.807, 2.05) is 0 Å². The van der Waals surface area contributed by atoms with E-state index in [9.17, 15) is 0 Å². The van der Waals surface area contributed by atoms with Crippen molar-refractivity contribution < 1.29 is 0 Å². The molecule has 246 valence electrons. The molecule has 0 aromatic carbocycles. The first-order chi connectivity index (χ1) is 18.8. The van der Waals surface area contributed by atoms with Gasteiger partial charge in [-0.1, -0.05) is 138 Å². The molecular weight excluding hydrogens is 492 g/mol. The van der Waals surface area contributed by atoms with E-state index in [0.29, 0.717) is 0 Å². The molecule has 0 aromatic heterocycles. The van der Waals surface area contributed by atoms with Crippen LogP contribution in [0.2, 0.25) is 0 Å². The van der Waals surface area contributed by atoms with E-state index in [-0.39, 0.29) is 0 Å². The maximum atomic E-state index is 2.59. The zero-order chi connectivity index (χ0) is 32.1. The summed E-state index contributed by atoms with van der Waals surface area (Å²) in [4.78, 5) is 0. The summed E-state index contributed by atoms with van der Waals surface area (Å²) in [6.07, 6.45) is 4.26. The van der Waals surface area contributed by atoms with Gasteiger partial charge in [0.1, 0.15) is 0 Å². The molecule has 1 fully saturated rings. The third-order valence-corrected chi connectivity index (χ3v) is 16.2. The Morgan fingerprint density at radius 1 is 0.317 bits per heavy atom. The molecule has 0 heterocycles. The molecule has 1 rings (SSSR count). The summed E-state index contributed by atoms with van der Waals surface area (Å²) in [7, 11) is 0. The average Bonchev–Trinajstić information content (AvgIpc) is 3.83. The fraction of sp³-hybridized carbons (Fsp3) is 1.00. The first kappa shape index (κ1) is 39.0. The highest BCUT2D eigenvalue weighted by molar-refractivity contribution is 4.88. The molecular formula is C41H82. The SMILES string of the molecule is CCC(C)C(C)C(C)C(C)C(C)C(C)C(C)C(C)C(C)C(C)C(C)C(C)C(C)C(C)C(C)C(C)C(C)C(C)C1CC1. The second-order valence-electron chi connectivity index (χ2n) is 17.3. The van der Waals surface area contributed by atoms with Crippen LogP contribution in [0.4, 0.5) is 0 Å². The highest BCUT2D eigenvalue weighted by atomic mass is 14.4. The summed E-state index contributed by atoms with van der Waals surface area (Å²) < 4.78 is 0. The minimum absolute atomic E-state index is 0.752. The fourth-order valence-electron chi connectivity index (χ4n) is 9.12. The van der Waals surface area contributed by atoms with Gasteiger partial charge in [-0.2, -0.15) is 0 Å². The lowest BCUT2D eigenvalue weighted by Crippen LogP contribution is -2.37. The molecule has 0 N–H and O–H groups in total. The molecule has 0 nitrogen and oxygen atoms in total. The van der Waals surface area contributed by atoms with Crippen LogP contribution in [0.25, 0.3) is 0 Å². The average molecular weight is 575 g/mol. The van der Waals surface area contributed by atoms with Crippen molar-refractivity contribution in [1.82, 2.24) is 0 Å². The molecule has 0 radical (unpaired) electrons. The van der Waals surface area contributed by atoms with Crippen LogP contribution in [-0.2, 0) is 0 Å². The van der Waals surface area contributed by atoms with Crippen LogP contribution >= 0.6 is 0 Å². The van der Waals surface area contributed by atoms with E-state index in [2.05, 4.69) is 132 Å². The van der Waals surface area contributed by atoms with Crippen molar-refractivity contribution in [3.05, 3.63) is 0 Å². The van der Waals surface area contributed by atoms with E-state index >= 15 is 0 Å². The van der Waals surface area contributed by atoms with Crippen molar-refractivity contribution in [2.45, 2.75) is 151 Å². The van der Waals surface area contributed by atoms with Gasteiger partial charge in [-0.3, -0.25) is 0 Å². The summed E-state index contributed by atoms with van der Waals surface area (Å²) in [5.41, 5.74) is 0. The van der Waals surface area contributed by atoms with Crippen molar-refractivity contribution in [3.63, 3.8) is 0 Å². The second-order valence-corrected chi connectivity index (χ2v) is 17.3. The van der Waals surface area contributed by atoms with Gasteiger partial charge < -0.3 is 0 Å². The standard InChI is InChI=1S/C41H82/c1-20-23(2)24(3)25(4)26(5)27(6)28(7)29(8)30(9)31(10)32(11)33(12)34(13)35(14)36(15)37(16)38(17)39(18)40(19)41-21-22-41/h23-41H,20-22H2,1-19H3. The Bertz CT molecular complexity index is 705. The lowest BCUT2D eigenvalue weighted by molar-refractivity contribution is 0.0491. The number of hydrogen-bond donors (Lipinski definition) is 0. The summed E-state index contributed by atoms with van der Waals surface area (Å²) in [5, 5.41) is 0. The Hall–Kier alpha value is 0. The van der Waals surface area contributed by atoms with Gasteiger partial charge in [-0.15, -0.1) is 0 Å². The molecule has 0 bridgehead atoms. The Balaban J connectivity index is 2.82. The predicted octanol–water partition coefficient (Wildman–Crippen LogP) is 13.3. The van der Waals surface area contributed by atoms with Crippen LogP contribution in [0.15, 0.2) is 0 Å². The molecule has 1 aliphatic carbocycles. The molecule has 0 saturated heterocycles. The van der Waals surface area contributed by atoms with Gasteiger partial charge >= 0.3 is 0 Å². The molecule has 18 unspecified atom stereocenters. The molecule has 41 heavy (non-hydrogen) atoms. The van der Waals surface area contributed by atoms with Gasteiger partial charge in [-0.05, 0) is 125 Å². The summed E-state index contributed by atoms with van der Waals surface area (Å²) in [6.45, 7) is 48.4. The lowest BCUT2D eigenvalue weighted by Gasteiger charge is -2.44.